The molecule has 0 radical (unpaired) electrons. The van der Waals surface area contributed by atoms with Crippen LogP contribution >= 0.6 is 0 Å². The van der Waals surface area contributed by atoms with Crippen molar-refractivity contribution in [2.24, 2.45) is 5.92 Å². The Balaban J connectivity index is 2.36. The molecule has 24 heavy (non-hydrogen) atoms. The van der Waals surface area contributed by atoms with Gasteiger partial charge < -0.3 is 14.8 Å². The molecule has 5 nitrogen and oxygen atoms in total. The zero-order valence-corrected chi connectivity index (χ0v) is 15.1. The van der Waals surface area contributed by atoms with E-state index in [0.29, 0.717) is 24.6 Å². The van der Waals surface area contributed by atoms with Gasteiger partial charge >= 0.3 is 0 Å². The number of carbonyl (C=O) groups is 1. The number of aromatic nitrogens is 1. The van der Waals surface area contributed by atoms with E-state index in [0.717, 1.165) is 16.7 Å². The minimum Gasteiger partial charge on any atom is -0.491 e. The standard InChI is InChI=1S/C19H26N2O3/c1-6-19(4,23-5)18(22)21-15-9-10-16(24-12-13(2)3)17-14(15)8-7-11-20-17/h7-11,13H,6,12H2,1-5H3,(H,21,22)/t19-/m0/s1. The normalized spacial score (nSPS) is 13.8. The fourth-order valence-corrected chi connectivity index (χ4v) is 2.28. The summed E-state index contributed by atoms with van der Waals surface area (Å²) >= 11 is 0. The molecule has 0 saturated carbocycles. The second-order valence-electron chi connectivity index (χ2n) is 6.46. The Morgan fingerprint density at radius 1 is 1.33 bits per heavy atom. The van der Waals surface area contributed by atoms with Gasteiger partial charge in [0.1, 0.15) is 16.9 Å². The molecule has 130 valence electrons. The summed E-state index contributed by atoms with van der Waals surface area (Å²) in [5.41, 5.74) is 0.588. The molecule has 0 aliphatic carbocycles. The van der Waals surface area contributed by atoms with Gasteiger partial charge in [0, 0.05) is 18.7 Å². The molecule has 1 amide bonds. The largest absolute Gasteiger partial charge is 0.491 e. The van der Waals surface area contributed by atoms with Crippen LogP contribution < -0.4 is 10.1 Å². The van der Waals surface area contributed by atoms with Crippen molar-refractivity contribution in [1.82, 2.24) is 4.98 Å². The van der Waals surface area contributed by atoms with Gasteiger partial charge in [-0.15, -0.1) is 0 Å². The second-order valence-corrected chi connectivity index (χ2v) is 6.46. The molecule has 2 aromatic rings. The van der Waals surface area contributed by atoms with E-state index in [1.807, 2.05) is 31.2 Å². The third kappa shape index (κ3) is 3.85. The number of nitrogens with zero attached hydrogens (tertiary/aromatic N) is 1. The number of hydrogen-bond acceptors (Lipinski definition) is 4. The van der Waals surface area contributed by atoms with E-state index in [1.165, 1.54) is 0 Å². The van der Waals surface area contributed by atoms with E-state index in [9.17, 15) is 4.79 Å². The molecular weight excluding hydrogens is 304 g/mol. The lowest BCUT2D eigenvalue weighted by Crippen LogP contribution is -2.41. The van der Waals surface area contributed by atoms with Crippen molar-refractivity contribution >= 4 is 22.5 Å². The van der Waals surface area contributed by atoms with Crippen LogP contribution in [0.5, 0.6) is 5.75 Å². The van der Waals surface area contributed by atoms with Crippen molar-refractivity contribution in [2.75, 3.05) is 19.0 Å². The quantitative estimate of drug-likeness (QED) is 0.833. The summed E-state index contributed by atoms with van der Waals surface area (Å²) in [6, 6.07) is 7.47. The van der Waals surface area contributed by atoms with Gasteiger partial charge in [0.2, 0.25) is 0 Å². The van der Waals surface area contributed by atoms with Gasteiger partial charge in [-0.2, -0.15) is 0 Å². The van der Waals surface area contributed by atoms with Crippen LogP contribution in [0.2, 0.25) is 0 Å². The minimum atomic E-state index is -0.860. The van der Waals surface area contributed by atoms with Crippen molar-refractivity contribution in [1.29, 1.82) is 0 Å². The summed E-state index contributed by atoms with van der Waals surface area (Å²) < 4.78 is 11.2. The maximum atomic E-state index is 12.6. The molecule has 1 N–H and O–H groups in total. The fraction of sp³-hybridized carbons (Fsp3) is 0.474. The first-order valence-corrected chi connectivity index (χ1v) is 8.28. The summed E-state index contributed by atoms with van der Waals surface area (Å²) in [6.07, 6.45) is 2.31. The Morgan fingerprint density at radius 2 is 2.08 bits per heavy atom. The zero-order valence-electron chi connectivity index (χ0n) is 15.1. The molecule has 1 atom stereocenters. The maximum absolute atomic E-state index is 12.6. The number of pyridine rings is 1. The summed E-state index contributed by atoms with van der Waals surface area (Å²) in [7, 11) is 1.55. The van der Waals surface area contributed by atoms with Gasteiger partial charge in [-0.25, -0.2) is 0 Å². The lowest BCUT2D eigenvalue weighted by molar-refractivity contribution is -0.136. The highest BCUT2D eigenvalue weighted by atomic mass is 16.5. The molecule has 0 fully saturated rings. The van der Waals surface area contributed by atoms with Gasteiger partial charge in [-0.05, 0) is 43.5 Å². The monoisotopic (exact) mass is 330 g/mol. The van der Waals surface area contributed by atoms with Crippen molar-refractivity contribution in [3.05, 3.63) is 30.5 Å². The SMILES string of the molecule is CC[C@](C)(OC)C(=O)Nc1ccc(OCC(C)C)c2ncccc12. The van der Waals surface area contributed by atoms with E-state index < -0.39 is 5.60 Å². The highest BCUT2D eigenvalue weighted by Gasteiger charge is 2.31. The van der Waals surface area contributed by atoms with Crippen LogP contribution in [0.3, 0.4) is 0 Å². The van der Waals surface area contributed by atoms with Crippen molar-refractivity contribution in [2.45, 2.75) is 39.7 Å². The van der Waals surface area contributed by atoms with Crippen molar-refractivity contribution < 1.29 is 14.3 Å². The number of anilines is 1. The molecular formula is C19H26N2O3. The third-order valence-electron chi connectivity index (χ3n) is 4.16. The first-order chi connectivity index (χ1) is 11.4. The number of benzene rings is 1. The van der Waals surface area contributed by atoms with E-state index in [-0.39, 0.29) is 5.91 Å². The number of rotatable bonds is 7. The van der Waals surface area contributed by atoms with Crippen LogP contribution in [0.15, 0.2) is 30.5 Å². The number of hydrogen-bond donors (Lipinski definition) is 1. The number of amides is 1. The highest BCUT2D eigenvalue weighted by molar-refractivity contribution is 6.05. The smallest absolute Gasteiger partial charge is 0.256 e. The van der Waals surface area contributed by atoms with Gasteiger partial charge in [-0.3, -0.25) is 9.78 Å². The van der Waals surface area contributed by atoms with Crippen LogP contribution in [0, 0.1) is 5.92 Å². The average molecular weight is 330 g/mol. The average Bonchev–Trinajstić information content (AvgIpc) is 2.60. The van der Waals surface area contributed by atoms with Crippen LogP contribution in [0.4, 0.5) is 5.69 Å². The van der Waals surface area contributed by atoms with Crippen molar-refractivity contribution in [3.8, 4) is 5.75 Å². The Hall–Kier alpha value is -2.14. The number of fused-ring (bicyclic) bond motifs is 1. The molecule has 1 aromatic carbocycles. The predicted octanol–water partition coefficient (Wildman–Crippen LogP) is 4.02. The van der Waals surface area contributed by atoms with Crippen LogP contribution in [0.1, 0.15) is 34.1 Å². The number of carbonyl (C=O) groups excluding carboxylic acids is 1. The summed E-state index contributed by atoms with van der Waals surface area (Å²) in [5, 5.41) is 3.81. The van der Waals surface area contributed by atoms with Gasteiger partial charge in [0.15, 0.2) is 0 Å². The molecule has 0 aliphatic rings. The molecule has 0 spiro atoms. The molecule has 0 aliphatic heterocycles. The van der Waals surface area contributed by atoms with Crippen LogP contribution in [-0.4, -0.2) is 30.2 Å². The Labute approximate surface area is 143 Å². The Morgan fingerprint density at radius 3 is 2.71 bits per heavy atom. The summed E-state index contributed by atoms with van der Waals surface area (Å²) in [5.74, 6) is 0.978. The van der Waals surface area contributed by atoms with E-state index in [4.69, 9.17) is 9.47 Å². The van der Waals surface area contributed by atoms with E-state index in [2.05, 4.69) is 24.1 Å². The lowest BCUT2D eigenvalue weighted by Gasteiger charge is -2.25. The number of ether oxygens (including phenoxy) is 2. The van der Waals surface area contributed by atoms with Gasteiger partial charge in [-0.1, -0.05) is 20.8 Å². The zero-order chi connectivity index (χ0) is 17.7. The maximum Gasteiger partial charge on any atom is 0.256 e. The van der Waals surface area contributed by atoms with Gasteiger partial charge in [0.25, 0.3) is 5.91 Å². The van der Waals surface area contributed by atoms with Crippen LogP contribution in [0.25, 0.3) is 10.9 Å². The topological polar surface area (TPSA) is 60.5 Å². The molecule has 0 bridgehead atoms. The van der Waals surface area contributed by atoms with Crippen molar-refractivity contribution in [3.63, 3.8) is 0 Å². The molecule has 0 saturated heterocycles. The molecule has 2 rings (SSSR count). The minimum absolute atomic E-state index is 0.173. The first kappa shape index (κ1) is 18.2. The molecule has 5 heteroatoms. The first-order valence-electron chi connectivity index (χ1n) is 8.28. The fourth-order valence-electron chi connectivity index (χ4n) is 2.28. The number of nitrogens with one attached hydrogen (secondary N) is 1. The number of methoxy groups -OCH3 is 1. The molecule has 1 heterocycles. The van der Waals surface area contributed by atoms with Crippen LogP contribution in [-0.2, 0) is 9.53 Å². The highest BCUT2D eigenvalue weighted by Crippen LogP contribution is 2.31. The lowest BCUT2D eigenvalue weighted by atomic mass is 10.0. The third-order valence-corrected chi connectivity index (χ3v) is 4.16. The second kappa shape index (κ2) is 7.62. The summed E-state index contributed by atoms with van der Waals surface area (Å²) in [4.78, 5) is 17.0. The molecule has 1 aromatic heterocycles. The predicted molar refractivity (Wildman–Crippen MR) is 96.4 cm³/mol. The van der Waals surface area contributed by atoms with Gasteiger partial charge in [0.05, 0.1) is 12.3 Å². The van der Waals surface area contributed by atoms with E-state index in [1.54, 1.807) is 20.2 Å². The Bertz CT molecular complexity index is 709. The molecule has 0 unspecified atom stereocenters. The Kier molecular flexibility index (Phi) is 5.78. The summed E-state index contributed by atoms with van der Waals surface area (Å²) in [6.45, 7) is 8.52. The van der Waals surface area contributed by atoms with E-state index >= 15 is 0 Å².